The van der Waals surface area contributed by atoms with E-state index in [1.54, 1.807) is 22.2 Å². The molecule has 1 saturated carbocycles. The fraction of sp³-hybridized carbons (Fsp3) is 0.391. The molecule has 176 valence electrons. The molecule has 1 fully saturated rings. The van der Waals surface area contributed by atoms with Gasteiger partial charge in [-0.2, -0.15) is 8.78 Å². The fourth-order valence-corrected chi connectivity index (χ4v) is 4.44. The van der Waals surface area contributed by atoms with Crippen LogP contribution in [-0.2, 0) is 5.66 Å². The third kappa shape index (κ3) is 5.12. The first-order valence-corrected chi connectivity index (χ1v) is 11.6. The smallest absolute Gasteiger partial charge is 0.300 e. The monoisotopic (exact) mass is 482 g/mol. The average Bonchev–Trinajstić information content (AvgIpc) is 2.78. The Balaban J connectivity index is 1.45. The van der Waals surface area contributed by atoms with Crippen molar-refractivity contribution in [1.29, 1.82) is 5.41 Å². The van der Waals surface area contributed by atoms with Gasteiger partial charge < -0.3 is 15.1 Å². The van der Waals surface area contributed by atoms with Gasteiger partial charge >= 0.3 is 0 Å². The highest BCUT2D eigenvalue weighted by molar-refractivity contribution is 7.17. The van der Waals surface area contributed by atoms with Gasteiger partial charge in [-0.3, -0.25) is 10.2 Å². The molecule has 11 heteroatoms. The van der Waals surface area contributed by atoms with Crippen LogP contribution in [0.3, 0.4) is 0 Å². The normalized spacial score (nSPS) is 18.6. The van der Waals surface area contributed by atoms with Gasteiger partial charge in [0.15, 0.2) is 0 Å². The second-order valence-corrected chi connectivity index (χ2v) is 9.56. The molecule has 34 heavy (non-hydrogen) atoms. The van der Waals surface area contributed by atoms with Gasteiger partial charge in [0.25, 0.3) is 11.6 Å². The third-order valence-electron chi connectivity index (χ3n) is 6.22. The largest absolute Gasteiger partial charge is 0.382 e. The molecule has 2 aromatic heterocycles. The topological polar surface area (TPSA) is 95.7 Å². The van der Waals surface area contributed by atoms with E-state index in [0.29, 0.717) is 16.8 Å². The van der Waals surface area contributed by atoms with Crippen molar-refractivity contribution in [2.75, 3.05) is 5.32 Å². The lowest BCUT2D eigenvalue weighted by molar-refractivity contribution is 0.0920. The molecular formula is C23H26BF2N6OP. The Morgan fingerprint density at radius 1 is 1.21 bits per heavy atom. The number of alkyl halides is 2. The van der Waals surface area contributed by atoms with Crippen molar-refractivity contribution in [2.45, 2.75) is 57.3 Å². The minimum atomic E-state index is -3.12. The summed E-state index contributed by atoms with van der Waals surface area (Å²) in [4.78, 5) is 20.9. The minimum absolute atomic E-state index is 0.0308. The van der Waals surface area contributed by atoms with Crippen molar-refractivity contribution in [1.82, 2.24) is 19.8 Å². The number of hydrogen-bond donors (Lipinski definition) is 3. The second-order valence-electron chi connectivity index (χ2n) is 8.84. The van der Waals surface area contributed by atoms with Crippen LogP contribution in [0.1, 0.15) is 53.0 Å². The molecule has 1 aromatic carbocycles. The number of benzene rings is 1. The van der Waals surface area contributed by atoms with Crippen molar-refractivity contribution in [3.8, 4) is 0 Å². The molecule has 1 amide bonds. The van der Waals surface area contributed by atoms with Crippen LogP contribution in [-0.4, -0.2) is 40.4 Å². The van der Waals surface area contributed by atoms with Crippen molar-refractivity contribution in [3.63, 3.8) is 0 Å². The number of aryl methyl sites for hydroxylation is 1. The predicted molar refractivity (Wildman–Crippen MR) is 131 cm³/mol. The number of carbonyl (C=O) groups excluding carboxylic acids is 1. The molecule has 0 saturated heterocycles. The Labute approximate surface area is 199 Å². The number of nitrogens with zero attached hydrogens (tertiary/aromatic N) is 3. The average molecular weight is 482 g/mol. The molecule has 2 heterocycles. The molecule has 7 nitrogen and oxygen atoms in total. The quantitative estimate of drug-likeness (QED) is 0.383. The number of amides is 1. The van der Waals surface area contributed by atoms with Crippen LogP contribution >= 0.6 is 9.24 Å². The van der Waals surface area contributed by atoms with Gasteiger partial charge in [-0.15, -0.1) is 0 Å². The number of rotatable bonds is 5. The zero-order valence-corrected chi connectivity index (χ0v) is 20.2. The van der Waals surface area contributed by atoms with Crippen molar-refractivity contribution >= 4 is 39.7 Å². The Bertz CT molecular complexity index is 1300. The first-order chi connectivity index (χ1) is 16.0. The van der Waals surface area contributed by atoms with E-state index in [2.05, 4.69) is 20.6 Å². The Kier molecular flexibility index (Phi) is 6.72. The first-order valence-electron chi connectivity index (χ1n) is 11.1. The van der Waals surface area contributed by atoms with Crippen molar-refractivity contribution in [2.24, 2.45) is 0 Å². The van der Waals surface area contributed by atoms with Crippen molar-refractivity contribution < 1.29 is 13.6 Å². The summed E-state index contributed by atoms with van der Waals surface area (Å²) < 4.78 is 29.1. The van der Waals surface area contributed by atoms with Gasteiger partial charge in [-0.05, 0) is 57.7 Å². The number of nitrogens with one attached hydrogen (secondary N) is 3. The minimum Gasteiger partial charge on any atom is -0.382 e. The van der Waals surface area contributed by atoms with Crippen LogP contribution in [0.5, 0.6) is 0 Å². The molecule has 3 aromatic rings. The number of carbonyl (C=O) groups is 1. The summed E-state index contributed by atoms with van der Waals surface area (Å²) in [5.74, 6) is -0.328. The lowest BCUT2D eigenvalue weighted by Crippen LogP contribution is -2.41. The highest BCUT2D eigenvalue weighted by atomic mass is 31.0. The highest BCUT2D eigenvalue weighted by Gasteiger charge is 2.29. The molecular weight excluding hydrogens is 456 g/mol. The number of anilines is 1. The maximum Gasteiger partial charge on any atom is 0.300 e. The zero-order valence-electron chi connectivity index (χ0n) is 19.0. The van der Waals surface area contributed by atoms with E-state index in [-0.39, 0.29) is 34.9 Å². The van der Waals surface area contributed by atoms with Gasteiger partial charge in [0.1, 0.15) is 16.9 Å². The summed E-state index contributed by atoms with van der Waals surface area (Å²) in [6.07, 6.45) is 4.24. The summed E-state index contributed by atoms with van der Waals surface area (Å²) in [5, 5.41) is 15.2. The van der Waals surface area contributed by atoms with Crippen LogP contribution in [0.25, 0.3) is 10.9 Å². The summed E-state index contributed by atoms with van der Waals surface area (Å²) in [6.45, 7) is 3.59. The molecule has 1 unspecified atom stereocenters. The van der Waals surface area contributed by atoms with Gasteiger partial charge in [-0.25, -0.2) is 9.97 Å². The molecule has 0 spiro atoms. The van der Waals surface area contributed by atoms with Crippen molar-refractivity contribution in [3.05, 3.63) is 58.6 Å². The number of fused-ring (bicyclic) bond motifs is 1. The highest BCUT2D eigenvalue weighted by Crippen LogP contribution is 2.37. The molecule has 1 atom stereocenters. The van der Waals surface area contributed by atoms with E-state index in [0.717, 1.165) is 41.1 Å². The number of hydrogen-bond acceptors (Lipinski definition) is 5. The van der Waals surface area contributed by atoms with Gasteiger partial charge in [0, 0.05) is 28.7 Å². The summed E-state index contributed by atoms with van der Waals surface area (Å²) in [5.41, 5.74) is -0.597. The van der Waals surface area contributed by atoms with Gasteiger partial charge in [-0.1, -0.05) is 20.9 Å². The van der Waals surface area contributed by atoms with E-state index in [9.17, 15) is 13.6 Å². The van der Waals surface area contributed by atoms with E-state index in [1.807, 2.05) is 19.1 Å². The molecule has 3 N–H and O–H groups in total. The fourth-order valence-electron chi connectivity index (χ4n) is 4.29. The Morgan fingerprint density at radius 3 is 2.56 bits per heavy atom. The number of pyridine rings is 1. The van der Waals surface area contributed by atoms with Crippen LogP contribution < -0.4 is 16.1 Å². The maximum absolute atomic E-state index is 14.0. The SMILES string of the molecule is [B]n1cnc(C(=O)NC2CCC(Nc3cc(C(F)(F)P)nc4ccc(C)cc34)CC2)c(C)c1=N. The van der Waals surface area contributed by atoms with E-state index >= 15 is 0 Å². The Morgan fingerprint density at radius 2 is 1.88 bits per heavy atom. The van der Waals surface area contributed by atoms with E-state index in [1.165, 1.54) is 12.4 Å². The second kappa shape index (κ2) is 9.41. The molecule has 0 aliphatic heterocycles. The molecule has 0 bridgehead atoms. The van der Waals surface area contributed by atoms with Crippen LogP contribution in [0, 0.1) is 19.3 Å². The van der Waals surface area contributed by atoms with Gasteiger partial charge in [0.2, 0.25) is 7.98 Å². The summed E-state index contributed by atoms with van der Waals surface area (Å²) >= 11 is 0. The number of aromatic nitrogens is 3. The van der Waals surface area contributed by atoms with E-state index < -0.39 is 5.66 Å². The van der Waals surface area contributed by atoms with Crippen LogP contribution in [0.15, 0.2) is 30.6 Å². The predicted octanol–water partition coefficient (Wildman–Crippen LogP) is 3.54. The summed E-state index contributed by atoms with van der Waals surface area (Å²) in [6, 6.07) is 7.04. The molecule has 2 radical (unpaired) electrons. The lowest BCUT2D eigenvalue weighted by atomic mass is 9.90. The first kappa shape index (κ1) is 24.3. The van der Waals surface area contributed by atoms with E-state index in [4.69, 9.17) is 13.4 Å². The standard InChI is InChI=1S/C23H26BF2N6OP/c1-12-3-8-17-16(9-12)18(10-19(31-17)23(25,26)34)29-14-4-6-15(7-5-14)30-22(33)20-13(2)21(27)32(24)11-28-20/h3,8-11,14-15,27H,4-7,34H2,1-2H3,(H,29,31)(H,30,33). The Hall–Kier alpha value is -2.87. The van der Waals surface area contributed by atoms with Crippen LogP contribution in [0.4, 0.5) is 14.5 Å². The zero-order chi connectivity index (χ0) is 24.6. The molecule has 1 aliphatic rings. The molecule has 4 rings (SSSR count). The summed E-state index contributed by atoms with van der Waals surface area (Å²) in [7, 11) is 7.16. The third-order valence-corrected chi connectivity index (χ3v) is 6.52. The van der Waals surface area contributed by atoms with Crippen LogP contribution in [0.2, 0.25) is 0 Å². The maximum atomic E-state index is 14.0. The van der Waals surface area contributed by atoms with Gasteiger partial charge in [0.05, 0.1) is 11.8 Å². The number of halogens is 2. The molecule has 1 aliphatic carbocycles. The lowest BCUT2D eigenvalue weighted by Gasteiger charge is -2.31.